The zero-order valence-corrected chi connectivity index (χ0v) is 19.2. The van der Waals surface area contributed by atoms with E-state index in [1.165, 1.54) is 0 Å². The number of aromatic nitrogens is 2. The zero-order valence-electron chi connectivity index (χ0n) is 15.3. The van der Waals surface area contributed by atoms with E-state index in [0.29, 0.717) is 23.1 Å². The first-order valence-corrected chi connectivity index (χ1v) is 10.5. The van der Waals surface area contributed by atoms with Gasteiger partial charge in [0.15, 0.2) is 5.76 Å². The molecule has 0 saturated heterocycles. The molecule has 0 aliphatic heterocycles. The Bertz CT molecular complexity index is 987. The van der Waals surface area contributed by atoms with Crippen molar-refractivity contribution in [3.8, 4) is 5.75 Å². The maximum atomic E-state index is 12.6. The molecular formula is C19H18Br2ClN3O3. The van der Waals surface area contributed by atoms with Gasteiger partial charge in [0.1, 0.15) is 18.1 Å². The highest BCUT2D eigenvalue weighted by Crippen LogP contribution is 2.28. The van der Waals surface area contributed by atoms with Crippen LogP contribution in [0.2, 0.25) is 5.02 Å². The maximum absolute atomic E-state index is 12.6. The third kappa shape index (κ3) is 4.98. The van der Waals surface area contributed by atoms with Gasteiger partial charge in [0, 0.05) is 24.3 Å². The van der Waals surface area contributed by atoms with Gasteiger partial charge < -0.3 is 14.1 Å². The minimum Gasteiger partial charge on any atom is -0.484 e. The van der Waals surface area contributed by atoms with E-state index in [-0.39, 0.29) is 18.3 Å². The first-order chi connectivity index (χ1) is 13.4. The summed E-state index contributed by atoms with van der Waals surface area (Å²) in [6.07, 6.45) is 1.89. The summed E-state index contributed by atoms with van der Waals surface area (Å²) in [5.74, 6) is 1.09. The van der Waals surface area contributed by atoms with Crippen LogP contribution in [0, 0.1) is 0 Å². The summed E-state index contributed by atoms with van der Waals surface area (Å²) in [5, 5.41) is 4.93. The number of furan rings is 1. The standard InChI is InChI=1S/C19H18Br2ClN3O3/c1-3-25-9-14(21)16(23-25)10-24(2)19(26)18-7-5-13(28-18)11-27-17-6-4-12(20)8-15(17)22/h4-9H,3,10-11H2,1-2H3. The molecule has 2 heterocycles. The molecule has 2 aromatic heterocycles. The molecule has 0 N–H and O–H groups in total. The van der Waals surface area contributed by atoms with Crippen LogP contribution in [-0.2, 0) is 19.7 Å². The monoisotopic (exact) mass is 529 g/mol. The summed E-state index contributed by atoms with van der Waals surface area (Å²) in [6.45, 7) is 3.31. The van der Waals surface area contributed by atoms with Crippen LogP contribution in [0.4, 0.5) is 0 Å². The molecule has 1 amide bonds. The van der Waals surface area contributed by atoms with Crippen molar-refractivity contribution < 1.29 is 13.9 Å². The van der Waals surface area contributed by atoms with Gasteiger partial charge in [0.2, 0.25) is 0 Å². The van der Waals surface area contributed by atoms with E-state index in [0.717, 1.165) is 21.2 Å². The summed E-state index contributed by atoms with van der Waals surface area (Å²) in [6, 6.07) is 8.71. The largest absolute Gasteiger partial charge is 0.484 e. The third-order valence-corrected chi connectivity index (χ3v) is 5.43. The summed E-state index contributed by atoms with van der Waals surface area (Å²) >= 11 is 13.0. The van der Waals surface area contributed by atoms with Crippen molar-refractivity contribution >= 4 is 49.4 Å². The van der Waals surface area contributed by atoms with Crippen LogP contribution in [0.25, 0.3) is 0 Å². The molecule has 3 aromatic rings. The molecule has 148 valence electrons. The minimum atomic E-state index is -0.231. The Hall–Kier alpha value is -1.77. The van der Waals surface area contributed by atoms with E-state index >= 15 is 0 Å². The molecule has 0 aliphatic rings. The van der Waals surface area contributed by atoms with Gasteiger partial charge in [-0.3, -0.25) is 9.48 Å². The fourth-order valence-corrected chi connectivity index (χ4v) is 3.67. The number of amides is 1. The van der Waals surface area contributed by atoms with Gasteiger partial charge in [-0.1, -0.05) is 27.5 Å². The molecule has 3 rings (SSSR count). The third-order valence-electron chi connectivity index (χ3n) is 3.98. The number of hydrogen-bond donors (Lipinski definition) is 0. The van der Waals surface area contributed by atoms with Gasteiger partial charge in [0.05, 0.1) is 21.7 Å². The molecule has 0 radical (unpaired) electrons. The number of carbonyl (C=O) groups is 1. The molecule has 0 atom stereocenters. The Kier molecular flexibility index (Phi) is 6.85. The van der Waals surface area contributed by atoms with Crippen LogP contribution in [0.1, 0.15) is 28.9 Å². The first-order valence-electron chi connectivity index (χ1n) is 8.51. The van der Waals surface area contributed by atoms with Crippen molar-refractivity contribution in [3.63, 3.8) is 0 Å². The molecule has 0 bridgehead atoms. The Labute approximate surface area is 184 Å². The normalized spacial score (nSPS) is 10.9. The second-order valence-corrected chi connectivity index (χ2v) is 8.25. The van der Waals surface area contributed by atoms with Crippen molar-refractivity contribution in [2.45, 2.75) is 26.6 Å². The van der Waals surface area contributed by atoms with Crippen LogP contribution >= 0.6 is 43.5 Å². The van der Waals surface area contributed by atoms with Crippen LogP contribution in [0.15, 0.2) is 49.9 Å². The maximum Gasteiger partial charge on any atom is 0.289 e. The van der Waals surface area contributed by atoms with E-state index in [1.807, 2.05) is 23.9 Å². The lowest BCUT2D eigenvalue weighted by molar-refractivity contribution is 0.0747. The summed E-state index contributed by atoms with van der Waals surface area (Å²) in [7, 11) is 1.71. The van der Waals surface area contributed by atoms with Gasteiger partial charge in [-0.25, -0.2) is 0 Å². The average molecular weight is 532 g/mol. The molecule has 9 heteroatoms. The summed E-state index contributed by atoms with van der Waals surface area (Å²) in [4.78, 5) is 14.2. The fourth-order valence-electron chi connectivity index (χ4n) is 2.50. The Morgan fingerprint density at radius 1 is 1.32 bits per heavy atom. The molecule has 0 fully saturated rings. The highest BCUT2D eigenvalue weighted by molar-refractivity contribution is 9.10. The number of carbonyl (C=O) groups excluding carboxylic acids is 1. The quantitative estimate of drug-likeness (QED) is 0.403. The van der Waals surface area contributed by atoms with Crippen molar-refractivity contribution in [1.82, 2.24) is 14.7 Å². The fraction of sp³-hybridized carbons (Fsp3) is 0.263. The Morgan fingerprint density at radius 3 is 2.79 bits per heavy atom. The number of halogens is 3. The average Bonchev–Trinajstić information content (AvgIpc) is 3.27. The smallest absolute Gasteiger partial charge is 0.289 e. The van der Waals surface area contributed by atoms with Crippen molar-refractivity contribution in [2.75, 3.05) is 7.05 Å². The highest BCUT2D eigenvalue weighted by atomic mass is 79.9. The van der Waals surface area contributed by atoms with Crippen LogP contribution < -0.4 is 4.74 Å². The number of aryl methyl sites for hydroxylation is 1. The lowest BCUT2D eigenvalue weighted by Gasteiger charge is -2.14. The molecule has 0 aliphatic carbocycles. The van der Waals surface area contributed by atoms with Gasteiger partial charge in [-0.15, -0.1) is 0 Å². The van der Waals surface area contributed by atoms with Gasteiger partial charge in [-0.2, -0.15) is 5.10 Å². The summed E-state index contributed by atoms with van der Waals surface area (Å²) in [5.41, 5.74) is 0.790. The van der Waals surface area contributed by atoms with Gasteiger partial charge >= 0.3 is 0 Å². The number of nitrogens with zero attached hydrogens (tertiary/aromatic N) is 3. The van der Waals surface area contributed by atoms with Crippen molar-refractivity contribution in [2.24, 2.45) is 0 Å². The molecule has 0 unspecified atom stereocenters. The van der Waals surface area contributed by atoms with Crippen LogP contribution in [-0.4, -0.2) is 27.6 Å². The van der Waals surface area contributed by atoms with E-state index < -0.39 is 0 Å². The first kappa shape index (κ1) is 21.0. The predicted octanol–water partition coefficient (Wildman–Crippen LogP) is 5.53. The highest BCUT2D eigenvalue weighted by Gasteiger charge is 2.19. The molecular weight excluding hydrogens is 513 g/mol. The van der Waals surface area contributed by atoms with Crippen LogP contribution in [0.5, 0.6) is 5.75 Å². The predicted molar refractivity (Wildman–Crippen MR) is 114 cm³/mol. The topological polar surface area (TPSA) is 60.5 Å². The number of hydrogen-bond acceptors (Lipinski definition) is 4. The molecule has 28 heavy (non-hydrogen) atoms. The Balaban J connectivity index is 1.62. The van der Waals surface area contributed by atoms with Gasteiger partial charge in [-0.05, 0) is 53.2 Å². The SMILES string of the molecule is CCn1cc(Br)c(CN(C)C(=O)c2ccc(COc3ccc(Br)cc3Cl)o2)n1. The second kappa shape index (κ2) is 9.15. The minimum absolute atomic E-state index is 0.171. The number of benzene rings is 1. The molecule has 1 aromatic carbocycles. The van der Waals surface area contributed by atoms with E-state index in [4.69, 9.17) is 20.8 Å². The lowest BCUT2D eigenvalue weighted by Crippen LogP contribution is -2.26. The summed E-state index contributed by atoms with van der Waals surface area (Å²) < 4.78 is 14.9. The van der Waals surface area contributed by atoms with E-state index in [2.05, 4.69) is 37.0 Å². The number of ether oxygens (including phenoxy) is 1. The lowest BCUT2D eigenvalue weighted by atomic mass is 10.3. The number of rotatable bonds is 7. The van der Waals surface area contributed by atoms with E-state index in [1.54, 1.807) is 36.2 Å². The zero-order chi connectivity index (χ0) is 20.3. The van der Waals surface area contributed by atoms with Crippen molar-refractivity contribution in [1.29, 1.82) is 0 Å². The Morgan fingerprint density at radius 2 is 2.11 bits per heavy atom. The molecule has 0 spiro atoms. The van der Waals surface area contributed by atoms with Crippen molar-refractivity contribution in [3.05, 3.63) is 67.7 Å². The molecule has 6 nitrogen and oxygen atoms in total. The second-order valence-electron chi connectivity index (χ2n) is 6.07. The van der Waals surface area contributed by atoms with Gasteiger partial charge in [0.25, 0.3) is 5.91 Å². The van der Waals surface area contributed by atoms with E-state index in [9.17, 15) is 4.79 Å². The molecule has 0 saturated carbocycles. The van der Waals surface area contributed by atoms with Crippen LogP contribution in [0.3, 0.4) is 0 Å².